The molecular formula is C15H28N2OS. The number of hydrogen-bond acceptors (Lipinski definition) is 4. The standard InChI is InChI=1S/C15H28N2OS/c1-15(6-3-9-19-15)11-17-13-5-2-4-12(13)14-10-18-8-7-16-14/h12-14,16-17H,2-11H2,1H3. The van der Waals surface area contributed by atoms with Crippen LogP contribution < -0.4 is 10.6 Å². The smallest absolute Gasteiger partial charge is 0.0623 e. The molecule has 3 rings (SSSR count). The van der Waals surface area contributed by atoms with Crippen molar-refractivity contribution in [2.24, 2.45) is 5.92 Å². The summed E-state index contributed by atoms with van der Waals surface area (Å²) >= 11 is 2.16. The van der Waals surface area contributed by atoms with E-state index >= 15 is 0 Å². The fourth-order valence-corrected chi connectivity index (χ4v) is 5.16. The minimum absolute atomic E-state index is 0.490. The van der Waals surface area contributed by atoms with Gasteiger partial charge in [-0.1, -0.05) is 6.42 Å². The van der Waals surface area contributed by atoms with Crippen molar-refractivity contribution in [2.75, 3.05) is 32.1 Å². The van der Waals surface area contributed by atoms with Crippen LogP contribution in [0.2, 0.25) is 0 Å². The van der Waals surface area contributed by atoms with Gasteiger partial charge in [-0.15, -0.1) is 0 Å². The SMILES string of the molecule is CC1(CNC2CCCC2C2COCCN2)CCCS1. The number of morpholine rings is 1. The third kappa shape index (κ3) is 3.46. The fraction of sp³-hybridized carbons (Fsp3) is 1.00. The van der Waals surface area contributed by atoms with E-state index in [-0.39, 0.29) is 0 Å². The predicted octanol–water partition coefficient (Wildman–Crippen LogP) is 2.02. The van der Waals surface area contributed by atoms with Crippen LogP contribution in [0.25, 0.3) is 0 Å². The highest BCUT2D eigenvalue weighted by molar-refractivity contribution is 8.00. The van der Waals surface area contributed by atoms with Gasteiger partial charge in [-0.25, -0.2) is 0 Å². The van der Waals surface area contributed by atoms with E-state index in [1.165, 1.54) is 44.4 Å². The largest absolute Gasteiger partial charge is 0.379 e. The first-order valence-electron chi connectivity index (χ1n) is 7.95. The molecule has 2 heterocycles. The highest BCUT2D eigenvalue weighted by Crippen LogP contribution is 2.38. The summed E-state index contributed by atoms with van der Waals surface area (Å²) in [7, 11) is 0. The normalized spacial score (nSPS) is 43.7. The lowest BCUT2D eigenvalue weighted by Gasteiger charge is -2.34. The molecule has 3 fully saturated rings. The van der Waals surface area contributed by atoms with Crippen LogP contribution in [-0.2, 0) is 4.74 Å². The number of thioether (sulfide) groups is 1. The minimum atomic E-state index is 0.490. The van der Waals surface area contributed by atoms with Crippen LogP contribution in [0.3, 0.4) is 0 Å². The molecule has 19 heavy (non-hydrogen) atoms. The van der Waals surface area contributed by atoms with E-state index in [1.807, 2.05) is 0 Å². The molecule has 0 radical (unpaired) electrons. The summed E-state index contributed by atoms with van der Waals surface area (Å²) < 4.78 is 6.14. The maximum atomic E-state index is 5.65. The van der Waals surface area contributed by atoms with E-state index in [0.29, 0.717) is 16.8 Å². The Bertz CT molecular complexity index is 288. The molecule has 4 atom stereocenters. The van der Waals surface area contributed by atoms with E-state index in [2.05, 4.69) is 29.3 Å². The molecule has 110 valence electrons. The van der Waals surface area contributed by atoms with Crippen LogP contribution in [0.1, 0.15) is 39.0 Å². The van der Waals surface area contributed by atoms with Gasteiger partial charge in [-0.05, 0) is 44.3 Å². The Hall–Kier alpha value is 0.230. The Morgan fingerprint density at radius 2 is 2.32 bits per heavy atom. The lowest BCUT2D eigenvalue weighted by Crippen LogP contribution is -2.52. The molecular weight excluding hydrogens is 256 g/mol. The molecule has 1 saturated carbocycles. The molecule has 4 unspecified atom stereocenters. The van der Waals surface area contributed by atoms with E-state index in [9.17, 15) is 0 Å². The van der Waals surface area contributed by atoms with Crippen molar-refractivity contribution in [2.45, 2.75) is 55.9 Å². The van der Waals surface area contributed by atoms with Crippen LogP contribution in [-0.4, -0.2) is 48.9 Å². The van der Waals surface area contributed by atoms with E-state index in [0.717, 1.165) is 25.7 Å². The van der Waals surface area contributed by atoms with Crippen LogP contribution in [0.15, 0.2) is 0 Å². The molecule has 1 aliphatic carbocycles. The van der Waals surface area contributed by atoms with Gasteiger partial charge in [0.05, 0.1) is 13.2 Å². The molecule has 0 bridgehead atoms. The maximum absolute atomic E-state index is 5.65. The molecule has 0 amide bonds. The molecule has 4 heteroatoms. The van der Waals surface area contributed by atoms with Crippen molar-refractivity contribution in [3.63, 3.8) is 0 Å². The number of ether oxygens (including phenoxy) is 1. The van der Waals surface area contributed by atoms with Crippen molar-refractivity contribution in [1.29, 1.82) is 0 Å². The van der Waals surface area contributed by atoms with Gasteiger partial charge in [0.2, 0.25) is 0 Å². The minimum Gasteiger partial charge on any atom is -0.379 e. The highest BCUT2D eigenvalue weighted by Gasteiger charge is 2.36. The Labute approximate surface area is 121 Å². The van der Waals surface area contributed by atoms with Gasteiger partial charge in [0.25, 0.3) is 0 Å². The monoisotopic (exact) mass is 284 g/mol. The Morgan fingerprint density at radius 1 is 1.37 bits per heavy atom. The molecule has 3 nitrogen and oxygen atoms in total. The summed E-state index contributed by atoms with van der Waals surface area (Å²) in [5.74, 6) is 2.12. The molecule has 0 spiro atoms. The lowest BCUT2D eigenvalue weighted by molar-refractivity contribution is 0.0524. The zero-order chi connectivity index (χ0) is 13.1. The van der Waals surface area contributed by atoms with Gasteiger partial charge in [0.15, 0.2) is 0 Å². The maximum Gasteiger partial charge on any atom is 0.0623 e. The lowest BCUT2D eigenvalue weighted by atomic mass is 9.93. The average molecular weight is 284 g/mol. The molecule has 0 aromatic carbocycles. The number of nitrogens with one attached hydrogen (secondary N) is 2. The van der Waals surface area contributed by atoms with Crippen molar-refractivity contribution in [3.05, 3.63) is 0 Å². The zero-order valence-electron chi connectivity index (χ0n) is 12.1. The van der Waals surface area contributed by atoms with Gasteiger partial charge in [0, 0.05) is 29.9 Å². The van der Waals surface area contributed by atoms with Crippen LogP contribution in [0.5, 0.6) is 0 Å². The molecule has 2 N–H and O–H groups in total. The first-order valence-corrected chi connectivity index (χ1v) is 8.94. The predicted molar refractivity (Wildman–Crippen MR) is 81.8 cm³/mol. The topological polar surface area (TPSA) is 33.3 Å². The second kappa shape index (κ2) is 6.33. The summed E-state index contributed by atoms with van der Waals surface area (Å²) in [6, 6.07) is 1.29. The van der Waals surface area contributed by atoms with Crippen LogP contribution >= 0.6 is 11.8 Å². The molecule has 0 aromatic rings. The summed E-state index contributed by atoms with van der Waals surface area (Å²) in [6.07, 6.45) is 6.87. The molecule has 0 aromatic heterocycles. The quantitative estimate of drug-likeness (QED) is 0.827. The van der Waals surface area contributed by atoms with Crippen LogP contribution in [0.4, 0.5) is 0 Å². The zero-order valence-corrected chi connectivity index (χ0v) is 12.9. The van der Waals surface area contributed by atoms with Gasteiger partial charge >= 0.3 is 0 Å². The molecule has 2 aliphatic heterocycles. The van der Waals surface area contributed by atoms with Gasteiger partial charge in [-0.2, -0.15) is 11.8 Å². The highest BCUT2D eigenvalue weighted by atomic mass is 32.2. The Kier molecular flexibility index (Phi) is 4.73. The van der Waals surface area contributed by atoms with Crippen molar-refractivity contribution < 1.29 is 4.74 Å². The van der Waals surface area contributed by atoms with Crippen LogP contribution in [0, 0.1) is 5.92 Å². The summed E-state index contributed by atoms with van der Waals surface area (Å²) in [5.41, 5.74) is 0. The third-order valence-electron chi connectivity index (χ3n) is 5.08. The van der Waals surface area contributed by atoms with Gasteiger partial charge in [0.1, 0.15) is 0 Å². The Balaban J connectivity index is 1.51. The Morgan fingerprint density at radius 3 is 3.05 bits per heavy atom. The van der Waals surface area contributed by atoms with E-state index < -0.39 is 0 Å². The number of rotatable bonds is 4. The second-order valence-electron chi connectivity index (χ2n) is 6.62. The van der Waals surface area contributed by atoms with Gasteiger partial charge in [-0.3, -0.25) is 0 Å². The van der Waals surface area contributed by atoms with E-state index in [1.54, 1.807) is 0 Å². The van der Waals surface area contributed by atoms with Crippen molar-refractivity contribution >= 4 is 11.8 Å². The van der Waals surface area contributed by atoms with Crippen molar-refractivity contribution in [3.8, 4) is 0 Å². The first kappa shape index (κ1) is 14.2. The average Bonchev–Trinajstić information content (AvgIpc) is 3.07. The molecule has 3 aliphatic rings. The summed E-state index contributed by atoms with van der Waals surface area (Å²) in [6.45, 7) is 6.45. The third-order valence-corrected chi connectivity index (χ3v) is 6.61. The number of hydrogen-bond donors (Lipinski definition) is 2. The molecule has 2 saturated heterocycles. The second-order valence-corrected chi connectivity index (χ2v) is 8.30. The fourth-order valence-electron chi connectivity index (χ4n) is 3.91. The summed E-state index contributed by atoms with van der Waals surface area (Å²) in [4.78, 5) is 0. The van der Waals surface area contributed by atoms with Crippen molar-refractivity contribution in [1.82, 2.24) is 10.6 Å². The summed E-state index contributed by atoms with van der Waals surface area (Å²) in [5, 5.41) is 7.55. The van der Waals surface area contributed by atoms with Gasteiger partial charge < -0.3 is 15.4 Å². The van der Waals surface area contributed by atoms with E-state index in [4.69, 9.17) is 4.74 Å². The first-order chi connectivity index (χ1) is 9.27.